The van der Waals surface area contributed by atoms with Gasteiger partial charge in [-0.15, -0.1) is 6.58 Å². The van der Waals surface area contributed by atoms with Crippen LogP contribution in [-0.2, 0) is 9.59 Å². The average molecular weight is 290 g/mol. The van der Waals surface area contributed by atoms with Gasteiger partial charge >= 0.3 is 0 Å². The zero-order valence-corrected chi connectivity index (χ0v) is 12.0. The van der Waals surface area contributed by atoms with Crippen molar-refractivity contribution in [3.63, 3.8) is 0 Å². The van der Waals surface area contributed by atoms with Crippen molar-refractivity contribution in [2.45, 2.75) is 18.9 Å². The molecule has 2 rings (SSSR count). The summed E-state index contributed by atoms with van der Waals surface area (Å²) < 4.78 is 14.1. The Kier molecular flexibility index (Phi) is 4.73. The third-order valence-corrected chi connectivity index (χ3v) is 3.84. The lowest BCUT2D eigenvalue weighted by atomic mass is 9.83. The van der Waals surface area contributed by atoms with Gasteiger partial charge in [-0.25, -0.2) is 4.39 Å². The fourth-order valence-corrected chi connectivity index (χ4v) is 2.76. The Balaban J connectivity index is 2.34. The number of rotatable bonds is 4. The van der Waals surface area contributed by atoms with E-state index >= 15 is 0 Å². The molecule has 0 bridgehead atoms. The number of halogens is 1. The van der Waals surface area contributed by atoms with Gasteiger partial charge in [0.05, 0.1) is 12.0 Å². The van der Waals surface area contributed by atoms with Crippen LogP contribution in [0.1, 0.15) is 24.4 Å². The number of piperidine rings is 1. The van der Waals surface area contributed by atoms with Gasteiger partial charge < -0.3 is 10.2 Å². The largest absolute Gasteiger partial charge is 0.352 e. The van der Waals surface area contributed by atoms with E-state index in [-0.39, 0.29) is 11.8 Å². The van der Waals surface area contributed by atoms with E-state index in [9.17, 15) is 14.0 Å². The normalized spacial score (nSPS) is 22.0. The SMILES string of the molecule is C=CCNC(=O)[C@@H]1CCC(=O)N(C)[C@@H]1c1ccccc1F. The quantitative estimate of drug-likeness (QED) is 0.863. The molecular weight excluding hydrogens is 271 g/mol. The van der Waals surface area contributed by atoms with E-state index in [1.165, 1.54) is 11.0 Å². The predicted molar refractivity (Wildman–Crippen MR) is 77.8 cm³/mol. The first-order chi connectivity index (χ1) is 10.1. The van der Waals surface area contributed by atoms with Gasteiger partial charge in [0.1, 0.15) is 5.82 Å². The van der Waals surface area contributed by atoms with Crippen LogP contribution in [0.3, 0.4) is 0 Å². The molecule has 2 amide bonds. The summed E-state index contributed by atoms with van der Waals surface area (Å²) in [5.74, 6) is -1.10. The molecule has 0 spiro atoms. The van der Waals surface area contributed by atoms with Gasteiger partial charge in [-0.1, -0.05) is 24.3 Å². The zero-order valence-electron chi connectivity index (χ0n) is 12.0. The number of carbonyl (C=O) groups is 2. The maximum absolute atomic E-state index is 14.1. The number of amides is 2. The summed E-state index contributed by atoms with van der Waals surface area (Å²) in [5.41, 5.74) is 0.381. The van der Waals surface area contributed by atoms with Crippen LogP contribution < -0.4 is 5.32 Å². The molecule has 1 N–H and O–H groups in total. The summed E-state index contributed by atoms with van der Waals surface area (Å²) in [5, 5.41) is 2.74. The van der Waals surface area contributed by atoms with Crippen molar-refractivity contribution in [3.05, 3.63) is 48.3 Å². The number of carbonyl (C=O) groups excluding carboxylic acids is 2. The highest BCUT2D eigenvalue weighted by molar-refractivity contribution is 5.85. The third-order valence-electron chi connectivity index (χ3n) is 3.84. The van der Waals surface area contributed by atoms with Crippen LogP contribution in [0.15, 0.2) is 36.9 Å². The zero-order chi connectivity index (χ0) is 15.4. The third kappa shape index (κ3) is 3.12. The number of likely N-dealkylation sites (tertiary alicyclic amines) is 1. The van der Waals surface area contributed by atoms with Crippen LogP contribution in [0, 0.1) is 11.7 Å². The van der Waals surface area contributed by atoms with E-state index in [1.54, 1.807) is 31.3 Å². The van der Waals surface area contributed by atoms with Gasteiger partial charge in [-0.2, -0.15) is 0 Å². The molecule has 0 aromatic heterocycles. The lowest BCUT2D eigenvalue weighted by molar-refractivity contribution is -0.141. The van der Waals surface area contributed by atoms with E-state index in [0.29, 0.717) is 24.9 Å². The standard InChI is InChI=1S/C16H19FN2O2/c1-3-10-18-16(21)12-8-9-14(20)19(2)15(12)11-6-4-5-7-13(11)17/h3-7,12,15H,1,8-10H2,2H3,(H,18,21)/t12-,15-/m1/s1. The van der Waals surface area contributed by atoms with Crippen LogP contribution in [0.25, 0.3) is 0 Å². The second-order valence-electron chi connectivity index (χ2n) is 5.15. The van der Waals surface area contributed by atoms with Gasteiger partial charge in [0.15, 0.2) is 0 Å². The van der Waals surface area contributed by atoms with Crippen LogP contribution in [0.2, 0.25) is 0 Å². The molecule has 4 nitrogen and oxygen atoms in total. The van der Waals surface area contributed by atoms with E-state index < -0.39 is 17.8 Å². The lowest BCUT2D eigenvalue weighted by Gasteiger charge is -2.38. The summed E-state index contributed by atoms with van der Waals surface area (Å²) in [4.78, 5) is 25.7. The molecule has 0 saturated carbocycles. The lowest BCUT2D eigenvalue weighted by Crippen LogP contribution is -2.46. The first-order valence-corrected chi connectivity index (χ1v) is 6.95. The van der Waals surface area contributed by atoms with E-state index in [0.717, 1.165) is 0 Å². The second kappa shape index (κ2) is 6.52. The van der Waals surface area contributed by atoms with Gasteiger partial charge in [-0.3, -0.25) is 9.59 Å². The number of hydrogen-bond acceptors (Lipinski definition) is 2. The van der Waals surface area contributed by atoms with Crippen LogP contribution >= 0.6 is 0 Å². The van der Waals surface area contributed by atoms with Gasteiger partial charge in [-0.05, 0) is 12.5 Å². The topological polar surface area (TPSA) is 49.4 Å². The molecule has 1 saturated heterocycles. The molecule has 0 aliphatic carbocycles. The van der Waals surface area contributed by atoms with Crippen molar-refractivity contribution in [1.29, 1.82) is 0 Å². The molecule has 1 aliphatic heterocycles. The molecular formula is C16H19FN2O2. The van der Waals surface area contributed by atoms with E-state index in [2.05, 4.69) is 11.9 Å². The smallest absolute Gasteiger partial charge is 0.225 e. The number of nitrogens with zero attached hydrogens (tertiary/aromatic N) is 1. The van der Waals surface area contributed by atoms with Crippen molar-refractivity contribution in [2.24, 2.45) is 5.92 Å². The number of benzene rings is 1. The first kappa shape index (κ1) is 15.2. The Morgan fingerprint density at radius 3 is 2.90 bits per heavy atom. The maximum Gasteiger partial charge on any atom is 0.225 e. The predicted octanol–water partition coefficient (Wildman–Crippen LogP) is 2.04. The van der Waals surface area contributed by atoms with Crippen LogP contribution in [-0.4, -0.2) is 30.3 Å². The fourth-order valence-electron chi connectivity index (χ4n) is 2.76. The monoisotopic (exact) mass is 290 g/mol. The molecule has 2 atom stereocenters. The van der Waals surface area contributed by atoms with Gasteiger partial charge in [0.25, 0.3) is 0 Å². The van der Waals surface area contributed by atoms with E-state index in [4.69, 9.17) is 0 Å². The van der Waals surface area contributed by atoms with Crippen molar-refractivity contribution < 1.29 is 14.0 Å². The van der Waals surface area contributed by atoms with Crippen molar-refractivity contribution >= 4 is 11.8 Å². The molecule has 1 heterocycles. The summed E-state index contributed by atoms with van der Waals surface area (Å²) >= 11 is 0. The fraction of sp³-hybridized carbons (Fsp3) is 0.375. The minimum atomic E-state index is -0.572. The maximum atomic E-state index is 14.1. The summed E-state index contributed by atoms with van der Waals surface area (Å²) in [6.07, 6.45) is 2.31. The highest BCUT2D eigenvalue weighted by Crippen LogP contribution is 2.36. The van der Waals surface area contributed by atoms with Crippen molar-refractivity contribution in [1.82, 2.24) is 10.2 Å². The Hall–Kier alpha value is -2.17. The Morgan fingerprint density at radius 1 is 1.52 bits per heavy atom. The van der Waals surface area contributed by atoms with Gasteiger partial charge in [0, 0.05) is 25.6 Å². The number of hydrogen-bond donors (Lipinski definition) is 1. The molecule has 0 unspecified atom stereocenters. The molecule has 1 aromatic carbocycles. The molecule has 1 aromatic rings. The average Bonchev–Trinajstić information content (AvgIpc) is 2.48. The second-order valence-corrected chi connectivity index (χ2v) is 5.15. The molecule has 1 fully saturated rings. The molecule has 0 radical (unpaired) electrons. The molecule has 1 aliphatic rings. The number of nitrogens with one attached hydrogen (secondary N) is 1. The minimum Gasteiger partial charge on any atom is -0.352 e. The van der Waals surface area contributed by atoms with Crippen molar-refractivity contribution in [3.8, 4) is 0 Å². The summed E-state index contributed by atoms with van der Waals surface area (Å²) in [6, 6.07) is 5.71. The van der Waals surface area contributed by atoms with Crippen LogP contribution in [0.5, 0.6) is 0 Å². The Morgan fingerprint density at radius 2 is 2.24 bits per heavy atom. The van der Waals surface area contributed by atoms with E-state index in [1.807, 2.05) is 0 Å². The first-order valence-electron chi connectivity index (χ1n) is 6.95. The van der Waals surface area contributed by atoms with Gasteiger partial charge in [0.2, 0.25) is 11.8 Å². The summed E-state index contributed by atoms with van der Waals surface area (Å²) in [6.45, 7) is 3.91. The Labute approximate surface area is 123 Å². The molecule has 21 heavy (non-hydrogen) atoms. The molecule has 5 heteroatoms. The molecule has 112 valence electrons. The summed E-state index contributed by atoms with van der Waals surface area (Å²) in [7, 11) is 1.62. The Bertz CT molecular complexity index is 559. The minimum absolute atomic E-state index is 0.0731. The van der Waals surface area contributed by atoms with Crippen molar-refractivity contribution in [2.75, 3.05) is 13.6 Å². The highest BCUT2D eigenvalue weighted by atomic mass is 19.1. The van der Waals surface area contributed by atoms with Crippen LogP contribution in [0.4, 0.5) is 4.39 Å². The highest BCUT2D eigenvalue weighted by Gasteiger charge is 2.39.